The van der Waals surface area contributed by atoms with Gasteiger partial charge in [0.25, 0.3) is 5.91 Å². The predicted molar refractivity (Wildman–Crippen MR) is 152 cm³/mol. The fourth-order valence-electron chi connectivity index (χ4n) is 4.15. The molecular weight excluding hydrogens is 578 g/mol. The Balaban J connectivity index is 1.62. The molecule has 0 unspecified atom stereocenters. The van der Waals surface area contributed by atoms with Gasteiger partial charge in [0.15, 0.2) is 6.04 Å². The molecule has 0 radical (unpaired) electrons. The zero-order chi connectivity index (χ0) is 32.6. The molecule has 0 spiro atoms. The van der Waals surface area contributed by atoms with Crippen LogP contribution in [0.2, 0.25) is 0 Å². The van der Waals surface area contributed by atoms with E-state index in [1.807, 2.05) is 0 Å². The lowest BCUT2D eigenvalue weighted by Crippen LogP contribution is -2.52. The highest BCUT2D eigenvalue weighted by atomic mass is 16.6. The molecule has 0 aliphatic carbocycles. The number of amides is 6. The van der Waals surface area contributed by atoms with Crippen molar-refractivity contribution in [3.05, 3.63) is 71.3 Å². The van der Waals surface area contributed by atoms with Crippen molar-refractivity contribution in [2.75, 3.05) is 6.54 Å². The van der Waals surface area contributed by atoms with Crippen LogP contribution in [0, 0.1) is 0 Å². The van der Waals surface area contributed by atoms with Crippen molar-refractivity contribution in [1.29, 1.82) is 0 Å². The first-order chi connectivity index (χ1) is 20.6. The Morgan fingerprint density at radius 3 is 2.16 bits per heavy atom. The molecular formula is C29H33N5O10. The molecule has 1 aliphatic heterocycles. The van der Waals surface area contributed by atoms with Crippen molar-refractivity contribution < 1.29 is 48.5 Å². The van der Waals surface area contributed by atoms with Gasteiger partial charge in [-0.15, -0.1) is 0 Å². The smallest absolute Gasteiger partial charge is 0.407 e. The summed E-state index contributed by atoms with van der Waals surface area (Å²) in [6.45, 7) is 4.52. The van der Waals surface area contributed by atoms with Gasteiger partial charge in [0, 0.05) is 6.54 Å². The number of hydrogen-bond acceptors (Lipinski definition) is 8. The molecule has 1 heterocycles. The summed E-state index contributed by atoms with van der Waals surface area (Å²) in [6.07, 6.45) is -1.49. The van der Waals surface area contributed by atoms with Gasteiger partial charge in [-0.25, -0.2) is 14.4 Å². The number of hydrogen-bond donors (Lipinski definition) is 6. The second-order valence-corrected chi connectivity index (χ2v) is 10.8. The molecule has 0 saturated carbocycles. The fourth-order valence-corrected chi connectivity index (χ4v) is 4.15. The van der Waals surface area contributed by atoms with Gasteiger partial charge in [0.1, 0.15) is 24.2 Å². The number of rotatable bonds is 12. The van der Waals surface area contributed by atoms with E-state index in [9.17, 15) is 43.8 Å². The zero-order valence-electron chi connectivity index (χ0n) is 24.2. The van der Waals surface area contributed by atoms with Gasteiger partial charge in [-0.3, -0.25) is 24.1 Å². The van der Waals surface area contributed by atoms with E-state index in [0.29, 0.717) is 16.0 Å². The van der Waals surface area contributed by atoms with Crippen molar-refractivity contribution in [2.45, 2.75) is 57.5 Å². The van der Waals surface area contributed by atoms with Crippen LogP contribution in [0.4, 0.5) is 9.59 Å². The maximum absolute atomic E-state index is 13.0. The Kier molecular flexibility index (Phi) is 10.6. The first kappa shape index (κ1) is 33.0. The minimum Gasteiger partial charge on any atom is -0.481 e. The van der Waals surface area contributed by atoms with E-state index in [2.05, 4.69) is 21.3 Å². The van der Waals surface area contributed by atoms with Gasteiger partial charge in [-0.2, -0.15) is 0 Å². The van der Waals surface area contributed by atoms with E-state index < -0.39 is 78.5 Å². The van der Waals surface area contributed by atoms with Crippen LogP contribution in [0.15, 0.2) is 54.6 Å². The van der Waals surface area contributed by atoms with Crippen LogP contribution in [0.25, 0.3) is 0 Å². The highest BCUT2D eigenvalue weighted by Gasteiger charge is 2.40. The number of carbonyl (C=O) groups excluding carboxylic acids is 5. The highest BCUT2D eigenvalue weighted by molar-refractivity contribution is 6.07. The average Bonchev–Trinajstić information content (AvgIpc) is 3.22. The van der Waals surface area contributed by atoms with Gasteiger partial charge < -0.3 is 36.2 Å². The Hall–Kier alpha value is -5.47. The number of alkyl carbamates (subject to hydrolysis) is 1. The molecule has 3 rings (SSSR count). The van der Waals surface area contributed by atoms with Gasteiger partial charge in [0.05, 0.1) is 6.42 Å². The number of urea groups is 1. The number of benzene rings is 2. The monoisotopic (exact) mass is 611 g/mol. The summed E-state index contributed by atoms with van der Waals surface area (Å²) in [5.41, 5.74) is 0.642. The first-order valence-electron chi connectivity index (χ1n) is 13.4. The molecule has 2 aromatic rings. The largest absolute Gasteiger partial charge is 0.481 e. The molecule has 6 amide bonds. The summed E-state index contributed by atoms with van der Waals surface area (Å²) in [4.78, 5) is 86.8. The number of carboxylic acids is 2. The van der Waals surface area contributed by atoms with Crippen molar-refractivity contribution in [3.63, 3.8) is 0 Å². The molecule has 15 heteroatoms. The third-order valence-electron chi connectivity index (χ3n) is 6.17. The SMILES string of the molecule is CC(C)(C)OC(=O)NCc1ccc([C@H]2NC(=O)N(CC(=O)N[C@@H](CC(=O)O)C(=O)N[C@H](C(=O)O)c3ccccc3)C2=O)cc1. The fraction of sp³-hybridized carbons (Fsp3) is 0.345. The van der Waals surface area contributed by atoms with E-state index >= 15 is 0 Å². The minimum atomic E-state index is -1.70. The second kappa shape index (κ2) is 14.1. The van der Waals surface area contributed by atoms with Crippen molar-refractivity contribution in [1.82, 2.24) is 26.2 Å². The Labute approximate surface area is 251 Å². The number of carbonyl (C=O) groups is 7. The zero-order valence-corrected chi connectivity index (χ0v) is 24.2. The first-order valence-corrected chi connectivity index (χ1v) is 13.4. The van der Waals surface area contributed by atoms with Crippen LogP contribution in [0.1, 0.15) is 56.0 Å². The minimum absolute atomic E-state index is 0.149. The quantitative estimate of drug-likeness (QED) is 0.188. The standard InChI is InChI=1S/C29H33N5O10/c1-29(2,3)44-28(43)30-14-16-9-11-18(12-10-16)22-25(39)34(27(42)33-22)15-20(35)31-19(13-21(36)37)24(38)32-23(26(40)41)17-7-5-4-6-8-17/h4-12,19,22-23H,13-15H2,1-3H3,(H,30,43)(H,31,35)(H,32,38)(H,33,42)(H,36,37)(H,40,41)/t19-,22+,23-/m0/s1. The lowest BCUT2D eigenvalue weighted by atomic mass is 10.0. The molecule has 234 valence electrons. The van der Waals surface area contributed by atoms with Crippen molar-refractivity contribution in [2.24, 2.45) is 0 Å². The number of ether oxygens (including phenoxy) is 1. The summed E-state index contributed by atoms with van der Waals surface area (Å²) < 4.78 is 5.18. The van der Waals surface area contributed by atoms with Gasteiger partial charge in [0.2, 0.25) is 11.8 Å². The molecule has 0 bridgehead atoms. The maximum atomic E-state index is 13.0. The summed E-state index contributed by atoms with van der Waals surface area (Å²) in [5, 5.41) is 28.3. The average molecular weight is 612 g/mol. The normalized spacial score (nSPS) is 15.9. The van der Waals surface area contributed by atoms with Gasteiger partial charge in [-0.1, -0.05) is 54.6 Å². The topological polar surface area (TPSA) is 221 Å². The Bertz CT molecular complexity index is 1420. The molecule has 3 atom stereocenters. The Morgan fingerprint density at radius 2 is 1.59 bits per heavy atom. The molecule has 0 aromatic heterocycles. The van der Waals surface area contributed by atoms with Crippen molar-refractivity contribution in [3.8, 4) is 0 Å². The summed E-state index contributed by atoms with van der Waals surface area (Å²) in [7, 11) is 0. The summed E-state index contributed by atoms with van der Waals surface area (Å²) in [5.74, 6) is -5.75. The van der Waals surface area contributed by atoms with Crippen LogP contribution in [-0.4, -0.2) is 75.1 Å². The number of aliphatic carboxylic acids is 2. The molecule has 1 saturated heterocycles. The van der Waals surface area contributed by atoms with Crippen LogP contribution < -0.4 is 21.3 Å². The molecule has 15 nitrogen and oxygen atoms in total. The van der Waals surface area contributed by atoms with E-state index in [4.69, 9.17) is 4.74 Å². The number of nitrogens with one attached hydrogen (secondary N) is 4. The van der Waals surface area contributed by atoms with E-state index in [0.717, 1.165) is 0 Å². The van der Waals surface area contributed by atoms with Crippen LogP contribution in [0.3, 0.4) is 0 Å². The maximum Gasteiger partial charge on any atom is 0.407 e. The number of imide groups is 1. The van der Waals surface area contributed by atoms with E-state index in [1.54, 1.807) is 63.2 Å². The van der Waals surface area contributed by atoms with Crippen LogP contribution >= 0.6 is 0 Å². The van der Waals surface area contributed by atoms with Crippen molar-refractivity contribution >= 4 is 41.8 Å². The van der Waals surface area contributed by atoms with Gasteiger partial charge >= 0.3 is 24.1 Å². The molecule has 1 fully saturated rings. The molecule has 44 heavy (non-hydrogen) atoms. The third-order valence-corrected chi connectivity index (χ3v) is 6.17. The summed E-state index contributed by atoms with van der Waals surface area (Å²) in [6, 6.07) is 8.81. The number of nitrogens with zero attached hydrogens (tertiary/aromatic N) is 1. The Morgan fingerprint density at radius 1 is 0.955 bits per heavy atom. The van der Waals surface area contributed by atoms with Crippen LogP contribution in [0.5, 0.6) is 0 Å². The van der Waals surface area contributed by atoms with E-state index in [1.165, 1.54) is 12.1 Å². The van der Waals surface area contributed by atoms with Gasteiger partial charge in [-0.05, 0) is 37.5 Å². The lowest BCUT2D eigenvalue weighted by Gasteiger charge is -2.21. The van der Waals surface area contributed by atoms with E-state index in [-0.39, 0.29) is 12.1 Å². The second-order valence-electron chi connectivity index (χ2n) is 10.8. The molecule has 6 N–H and O–H groups in total. The predicted octanol–water partition coefficient (Wildman–Crippen LogP) is 1.21. The van der Waals surface area contributed by atoms with Crippen LogP contribution in [-0.2, 0) is 35.3 Å². The lowest BCUT2D eigenvalue weighted by molar-refractivity contribution is -0.143. The molecule has 2 aromatic carbocycles. The number of carboxylic acid groups (broad SMARTS) is 2. The molecule has 1 aliphatic rings. The summed E-state index contributed by atoms with van der Waals surface area (Å²) >= 11 is 0. The third kappa shape index (κ3) is 9.27. The highest BCUT2D eigenvalue weighted by Crippen LogP contribution is 2.22.